The molecule has 1 aromatic carbocycles. The van der Waals surface area contributed by atoms with Crippen molar-refractivity contribution in [3.8, 4) is 0 Å². The highest BCUT2D eigenvalue weighted by Crippen LogP contribution is 2.33. The van der Waals surface area contributed by atoms with Crippen LogP contribution in [0, 0.1) is 5.92 Å². The van der Waals surface area contributed by atoms with E-state index in [1.807, 2.05) is 0 Å². The second-order valence-electron chi connectivity index (χ2n) is 6.43. The van der Waals surface area contributed by atoms with Crippen molar-refractivity contribution >= 4 is 5.97 Å². The van der Waals surface area contributed by atoms with Crippen LogP contribution in [0.4, 0.5) is 0 Å². The first kappa shape index (κ1) is 14.6. The second-order valence-corrected chi connectivity index (χ2v) is 6.43. The van der Waals surface area contributed by atoms with Crippen molar-refractivity contribution in [3.63, 3.8) is 0 Å². The topological polar surface area (TPSA) is 46.5 Å². The van der Waals surface area contributed by atoms with Gasteiger partial charge in [0, 0.05) is 5.92 Å². The number of ether oxygens (including phenoxy) is 1. The summed E-state index contributed by atoms with van der Waals surface area (Å²) < 4.78 is 6.11. The fraction of sp³-hybridized carbons (Fsp3) is 0.611. The quantitative estimate of drug-likeness (QED) is 0.917. The van der Waals surface area contributed by atoms with Crippen LogP contribution >= 0.6 is 0 Å². The predicted molar refractivity (Wildman–Crippen MR) is 81.5 cm³/mol. The molecule has 1 aromatic rings. The number of benzene rings is 1. The van der Waals surface area contributed by atoms with E-state index in [0.29, 0.717) is 5.92 Å². The minimum Gasteiger partial charge on any atom is -0.481 e. The van der Waals surface area contributed by atoms with E-state index in [2.05, 4.69) is 24.3 Å². The van der Waals surface area contributed by atoms with Gasteiger partial charge in [0.15, 0.2) is 0 Å². The van der Waals surface area contributed by atoms with E-state index in [1.54, 1.807) is 0 Å². The largest absolute Gasteiger partial charge is 0.481 e. The van der Waals surface area contributed by atoms with Crippen molar-refractivity contribution in [3.05, 3.63) is 35.4 Å². The molecule has 0 aromatic heterocycles. The molecule has 114 valence electrons. The predicted octanol–water partition coefficient (Wildman–Crippen LogP) is 3.77. The molecule has 0 radical (unpaired) electrons. The summed E-state index contributed by atoms with van der Waals surface area (Å²) in [7, 11) is 0. The van der Waals surface area contributed by atoms with Crippen LogP contribution in [0.2, 0.25) is 0 Å². The molecule has 0 saturated heterocycles. The lowest BCUT2D eigenvalue weighted by Crippen LogP contribution is -2.27. The van der Waals surface area contributed by atoms with Crippen molar-refractivity contribution in [2.24, 2.45) is 5.92 Å². The van der Waals surface area contributed by atoms with Crippen LogP contribution in [-0.4, -0.2) is 23.8 Å². The van der Waals surface area contributed by atoms with E-state index in [0.717, 1.165) is 32.3 Å². The van der Waals surface area contributed by atoms with Gasteiger partial charge in [-0.2, -0.15) is 0 Å². The molecule has 1 saturated carbocycles. The number of hydrogen-bond donors (Lipinski definition) is 1. The molecule has 0 spiro atoms. The summed E-state index contributed by atoms with van der Waals surface area (Å²) in [6.45, 7) is 0.791. The zero-order chi connectivity index (χ0) is 14.7. The van der Waals surface area contributed by atoms with E-state index in [9.17, 15) is 4.79 Å². The fourth-order valence-corrected chi connectivity index (χ4v) is 3.76. The van der Waals surface area contributed by atoms with Gasteiger partial charge >= 0.3 is 5.97 Å². The van der Waals surface area contributed by atoms with Gasteiger partial charge in [0.1, 0.15) is 0 Å². The third-order valence-electron chi connectivity index (χ3n) is 5.05. The number of hydrogen-bond acceptors (Lipinski definition) is 2. The van der Waals surface area contributed by atoms with Crippen LogP contribution in [0.25, 0.3) is 0 Å². The number of carbonyl (C=O) groups is 1. The summed E-state index contributed by atoms with van der Waals surface area (Å²) in [6, 6.07) is 8.72. The molecular formula is C18H24O3. The SMILES string of the molecule is O=C(O)C1CCC(OCC2CCCc3ccccc32)CC1. The Balaban J connectivity index is 1.52. The Morgan fingerprint density at radius 3 is 2.67 bits per heavy atom. The Morgan fingerprint density at radius 2 is 1.90 bits per heavy atom. The minimum atomic E-state index is -0.644. The van der Waals surface area contributed by atoms with Crippen LogP contribution in [0.1, 0.15) is 55.6 Å². The summed E-state index contributed by atoms with van der Waals surface area (Å²) in [5.74, 6) is -0.276. The standard InChI is InChI=1S/C18H24O3/c19-18(20)14-8-10-16(11-9-14)21-12-15-6-3-5-13-4-1-2-7-17(13)15/h1-2,4,7,14-16H,3,5-6,8-12H2,(H,19,20). The molecule has 0 bridgehead atoms. The highest BCUT2D eigenvalue weighted by atomic mass is 16.5. The Hall–Kier alpha value is -1.35. The number of aliphatic carboxylic acids is 1. The van der Waals surface area contributed by atoms with Crippen LogP contribution < -0.4 is 0 Å². The summed E-state index contributed by atoms with van der Waals surface area (Å²) in [6.07, 6.45) is 7.23. The average molecular weight is 288 g/mol. The van der Waals surface area contributed by atoms with Gasteiger partial charge in [0.05, 0.1) is 18.6 Å². The zero-order valence-corrected chi connectivity index (χ0v) is 12.5. The average Bonchev–Trinajstić information content (AvgIpc) is 2.53. The number of fused-ring (bicyclic) bond motifs is 1. The molecule has 3 nitrogen and oxygen atoms in total. The van der Waals surface area contributed by atoms with E-state index < -0.39 is 5.97 Å². The molecule has 0 aliphatic heterocycles. The lowest BCUT2D eigenvalue weighted by molar-refractivity contribution is -0.143. The summed E-state index contributed by atoms with van der Waals surface area (Å²) in [5.41, 5.74) is 2.94. The monoisotopic (exact) mass is 288 g/mol. The Labute approximate surface area is 126 Å². The number of carboxylic acid groups (broad SMARTS) is 1. The highest BCUT2D eigenvalue weighted by molar-refractivity contribution is 5.70. The zero-order valence-electron chi connectivity index (χ0n) is 12.5. The molecule has 3 heteroatoms. The molecule has 2 aliphatic rings. The van der Waals surface area contributed by atoms with E-state index in [4.69, 9.17) is 9.84 Å². The lowest BCUT2D eigenvalue weighted by Gasteiger charge is -2.30. The van der Waals surface area contributed by atoms with Crippen molar-refractivity contribution in [1.82, 2.24) is 0 Å². The van der Waals surface area contributed by atoms with Gasteiger partial charge in [-0.15, -0.1) is 0 Å². The van der Waals surface area contributed by atoms with Gasteiger partial charge in [0.2, 0.25) is 0 Å². The van der Waals surface area contributed by atoms with Crippen LogP contribution in [0.3, 0.4) is 0 Å². The Bertz CT molecular complexity index is 489. The third-order valence-corrected chi connectivity index (χ3v) is 5.05. The fourth-order valence-electron chi connectivity index (χ4n) is 3.76. The molecule has 0 heterocycles. The molecule has 1 atom stereocenters. The van der Waals surface area contributed by atoms with Crippen molar-refractivity contribution in [2.45, 2.75) is 57.0 Å². The normalized spacial score (nSPS) is 28.9. The van der Waals surface area contributed by atoms with Gasteiger partial charge in [-0.3, -0.25) is 4.79 Å². The van der Waals surface area contributed by atoms with E-state index in [-0.39, 0.29) is 12.0 Å². The molecule has 21 heavy (non-hydrogen) atoms. The molecule has 3 rings (SSSR count). The van der Waals surface area contributed by atoms with Crippen LogP contribution in [0.15, 0.2) is 24.3 Å². The molecule has 0 amide bonds. The first-order chi connectivity index (χ1) is 10.2. The third kappa shape index (κ3) is 3.46. The number of aryl methyl sites for hydroxylation is 1. The number of rotatable bonds is 4. The van der Waals surface area contributed by atoms with Gasteiger partial charge < -0.3 is 9.84 Å². The highest BCUT2D eigenvalue weighted by Gasteiger charge is 2.27. The van der Waals surface area contributed by atoms with Gasteiger partial charge in [-0.25, -0.2) is 0 Å². The van der Waals surface area contributed by atoms with Gasteiger partial charge in [-0.05, 0) is 56.1 Å². The maximum atomic E-state index is 11.0. The molecule has 1 unspecified atom stereocenters. The van der Waals surface area contributed by atoms with Gasteiger partial charge in [0.25, 0.3) is 0 Å². The van der Waals surface area contributed by atoms with Crippen molar-refractivity contribution in [1.29, 1.82) is 0 Å². The van der Waals surface area contributed by atoms with Crippen molar-refractivity contribution in [2.75, 3.05) is 6.61 Å². The molecule has 1 N–H and O–H groups in total. The summed E-state index contributed by atoms with van der Waals surface area (Å²) in [5, 5.41) is 9.03. The maximum Gasteiger partial charge on any atom is 0.306 e. The molecule has 2 aliphatic carbocycles. The first-order valence-electron chi connectivity index (χ1n) is 8.16. The first-order valence-corrected chi connectivity index (χ1v) is 8.16. The smallest absolute Gasteiger partial charge is 0.306 e. The lowest BCUT2D eigenvalue weighted by atomic mass is 9.83. The summed E-state index contributed by atoms with van der Waals surface area (Å²) >= 11 is 0. The van der Waals surface area contributed by atoms with E-state index in [1.165, 1.54) is 30.4 Å². The van der Waals surface area contributed by atoms with E-state index >= 15 is 0 Å². The minimum absolute atomic E-state index is 0.153. The van der Waals surface area contributed by atoms with Crippen molar-refractivity contribution < 1.29 is 14.6 Å². The Kier molecular flexibility index (Phi) is 4.59. The van der Waals surface area contributed by atoms with Crippen LogP contribution in [-0.2, 0) is 16.0 Å². The summed E-state index contributed by atoms with van der Waals surface area (Å²) in [4.78, 5) is 11.0. The Morgan fingerprint density at radius 1 is 1.14 bits per heavy atom. The maximum absolute atomic E-state index is 11.0. The number of carboxylic acids is 1. The van der Waals surface area contributed by atoms with Crippen LogP contribution in [0.5, 0.6) is 0 Å². The van der Waals surface area contributed by atoms with Gasteiger partial charge in [-0.1, -0.05) is 24.3 Å². The molecular weight excluding hydrogens is 264 g/mol. The second kappa shape index (κ2) is 6.61. The molecule has 1 fully saturated rings.